The van der Waals surface area contributed by atoms with Gasteiger partial charge in [-0.2, -0.15) is 4.31 Å². The van der Waals surface area contributed by atoms with Gasteiger partial charge in [0.15, 0.2) is 6.61 Å². The zero-order valence-corrected chi connectivity index (χ0v) is 19.1. The van der Waals surface area contributed by atoms with E-state index in [1.807, 2.05) is 0 Å². The van der Waals surface area contributed by atoms with Crippen molar-refractivity contribution < 1.29 is 37.7 Å². The number of sulfonamides is 1. The molecule has 1 aliphatic rings. The van der Waals surface area contributed by atoms with Crippen LogP contribution in [-0.4, -0.2) is 64.9 Å². The van der Waals surface area contributed by atoms with E-state index in [9.17, 15) is 43.3 Å². The van der Waals surface area contributed by atoms with Crippen molar-refractivity contribution in [2.45, 2.75) is 23.5 Å². The molecule has 0 saturated carbocycles. The Balaban J connectivity index is 1.68. The highest BCUT2D eigenvalue weighted by Crippen LogP contribution is 2.29. The maximum Gasteiger partial charge on any atom is 0.325 e. The van der Waals surface area contributed by atoms with Crippen molar-refractivity contribution in [3.63, 3.8) is 0 Å². The van der Waals surface area contributed by atoms with Crippen LogP contribution >= 0.6 is 11.6 Å². The Morgan fingerprint density at radius 2 is 1.80 bits per heavy atom. The highest BCUT2D eigenvalue weighted by molar-refractivity contribution is 7.89. The highest BCUT2D eigenvalue weighted by Gasteiger charge is 2.44. The second kappa shape index (κ2) is 10.3. The van der Waals surface area contributed by atoms with E-state index in [2.05, 4.69) is 5.32 Å². The average molecular weight is 529 g/mol. The number of amides is 1. The molecule has 16 heteroatoms. The Morgan fingerprint density at radius 3 is 2.40 bits per heavy atom. The van der Waals surface area contributed by atoms with Crippen molar-refractivity contribution >= 4 is 50.6 Å². The summed E-state index contributed by atoms with van der Waals surface area (Å²) in [5, 5.41) is 33.8. The fourth-order valence-corrected chi connectivity index (χ4v) is 5.11. The SMILES string of the molecule is O=C(COC(=O)[C@H]1C[C@H](O)CN1S(=O)(=O)c1ccc([N+](=O)[O-])cc1)Nc1ccc(Cl)c([N+](=O)[O-])c1. The van der Waals surface area contributed by atoms with E-state index in [0.717, 1.165) is 30.3 Å². The maximum absolute atomic E-state index is 13.0. The summed E-state index contributed by atoms with van der Waals surface area (Å²) in [6.07, 6.45) is -1.49. The average Bonchev–Trinajstić information content (AvgIpc) is 3.21. The van der Waals surface area contributed by atoms with Crippen molar-refractivity contribution in [2.24, 2.45) is 0 Å². The summed E-state index contributed by atoms with van der Waals surface area (Å²) >= 11 is 5.70. The quantitative estimate of drug-likeness (QED) is 0.287. The Labute approximate surface area is 202 Å². The number of benzene rings is 2. The molecule has 1 fully saturated rings. The van der Waals surface area contributed by atoms with Crippen LogP contribution in [0, 0.1) is 20.2 Å². The van der Waals surface area contributed by atoms with Crippen LogP contribution in [0.15, 0.2) is 47.4 Å². The molecule has 2 atom stereocenters. The predicted octanol–water partition coefficient (Wildman–Crippen LogP) is 1.46. The molecule has 0 bridgehead atoms. The van der Waals surface area contributed by atoms with Gasteiger partial charge in [0.05, 0.1) is 20.8 Å². The topological polar surface area (TPSA) is 199 Å². The Morgan fingerprint density at radius 1 is 1.14 bits per heavy atom. The van der Waals surface area contributed by atoms with Crippen LogP contribution < -0.4 is 5.32 Å². The fraction of sp³-hybridized carbons (Fsp3) is 0.263. The van der Waals surface area contributed by atoms with E-state index in [1.165, 1.54) is 12.1 Å². The first kappa shape index (κ1) is 26.0. The van der Waals surface area contributed by atoms with Crippen molar-refractivity contribution in [1.29, 1.82) is 0 Å². The molecule has 1 saturated heterocycles. The summed E-state index contributed by atoms with van der Waals surface area (Å²) in [5.74, 6) is -1.97. The van der Waals surface area contributed by atoms with Crippen molar-refractivity contribution in [2.75, 3.05) is 18.5 Å². The molecular weight excluding hydrogens is 512 g/mol. The number of carbonyl (C=O) groups is 2. The molecule has 0 aromatic heterocycles. The van der Waals surface area contributed by atoms with Crippen LogP contribution in [0.3, 0.4) is 0 Å². The van der Waals surface area contributed by atoms with Crippen LogP contribution in [0.2, 0.25) is 5.02 Å². The number of aliphatic hydroxyl groups is 1. The Kier molecular flexibility index (Phi) is 7.64. The molecule has 35 heavy (non-hydrogen) atoms. The normalized spacial score (nSPS) is 18.1. The third-order valence-electron chi connectivity index (χ3n) is 4.93. The molecular formula is C19H17ClN4O10S. The minimum absolute atomic E-state index is 0.0146. The molecule has 14 nitrogen and oxygen atoms in total. The number of non-ortho nitro benzene ring substituents is 1. The third-order valence-corrected chi connectivity index (χ3v) is 7.14. The van der Waals surface area contributed by atoms with E-state index in [4.69, 9.17) is 16.3 Å². The molecule has 0 spiro atoms. The van der Waals surface area contributed by atoms with E-state index in [-0.39, 0.29) is 27.7 Å². The summed E-state index contributed by atoms with van der Waals surface area (Å²) in [6, 6.07) is 6.01. The van der Waals surface area contributed by atoms with E-state index in [0.29, 0.717) is 4.31 Å². The first-order chi connectivity index (χ1) is 16.4. The molecule has 2 N–H and O–H groups in total. The number of anilines is 1. The van der Waals surface area contributed by atoms with Crippen LogP contribution in [-0.2, 0) is 24.3 Å². The van der Waals surface area contributed by atoms with Gasteiger partial charge >= 0.3 is 5.97 Å². The summed E-state index contributed by atoms with van der Waals surface area (Å²) in [6.45, 7) is -1.27. The number of β-amino-alcohol motifs (C(OH)–C–C–N with tert-alkyl or cyclic N) is 1. The summed E-state index contributed by atoms with van der Waals surface area (Å²) in [7, 11) is -4.34. The smallest absolute Gasteiger partial charge is 0.325 e. The second-order valence-electron chi connectivity index (χ2n) is 7.31. The molecule has 1 amide bonds. The predicted molar refractivity (Wildman–Crippen MR) is 119 cm³/mol. The number of esters is 1. The maximum atomic E-state index is 13.0. The fourth-order valence-electron chi connectivity index (χ4n) is 3.30. The Hall–Kier alpha value is -3.66. The van der Waals surface area contributed by atoms with E-state index in [1.54, 1.807) is 0 Å². The van der Waals surface area contributed by atoms with Gasteiger partial charge in [-0.05, 0) is 24.3 Å². The van der Waals surface area contributed by atoms with Gasteiger partial charge in [-0.1, -0.05) is 11.6 Å². The number of nitro groups is 2. The van der Waals surface area contributed by atoms with Crippen LogP contribution in [0.4, 0.5) is 17.1 Å². The molecule has 2 aromatic rings. The largest absolute Gasteiger partial charge is 0.454 e. The molecule has 3 rings (SSSR count). The monoisotopic (exact) mass is 528 g/mol. The zero-order chi connectivity index (χ0) is 25.9. The molecule has 0 radical (unpaired) electrons. The third kappa shape index (κ3) is 5.89. The minimum Gasteiger partial charge on any atom is -0.454 e. The van der Waals surface area contributed by atoms with E-state index < -0.39 is 62.7 Å². The van der Waals surface area contributed by atoms with Gasteiger partial charge in [0.1, 0.15) is 11.1 Å². The highest BCUT2D eigenvalue weighted by atomic mass is 35.5. The molecule has 0 aliphatic carbocycles. The van der Waals surface area contributed by atoms with Crippen LogP contribution in [0.25, 0.3) is 0 Å². The van der Waals surface area contributed by atoms with Crippen LogP contribution in [0.1, 0.15) is 6.42 Å². The number of aliphatic hydroxyl groups excluding tert-OH is 1. The number of carbonyl (C=O) groups excluding carboxylic acids is 2. The molecule has 2 aromatic carbocycles. The lowest BCUT2D eigenvalue weighted by atomic mass is 10.2. The van der Waals surface area contributed by atoms with Gasteiger partial charge in [-0.15, -0.1) is 0 Å². The van der Waals surface area contributed by atoms with E-state index >= 15 is 0 Å². The van der Waals surface area contributed by atoms with Gasteiger partial charge in [-0.25, -0.2) is 8.42 Å². The first-order valence-corrected chi connectivity index (χ1v) is 11.6. The zero-order valence-electron chi connectivity index (χ0n) is 17.6. The number of halogens is 1. The van der Waals surface area contributed by atoms with Gasteiger partial charge in [0.25, 0.3) is 17.3 Å². The number of nitrogens with one attached hydrogen (secondary N) is 1. The summed E-state index contributed by atoms with van der Waals surface area (Å²) < 4.78 is 31.5. The molecule has 1 aliphatic heterocycles. The number of nitro benzene ring substituents is 2. The first-order valence-electron chi connectivity index (χ1n) is 9.75. The standard InChI is InChI=1S/C19H17ClN4O10S/c20-15-6-1-11(7-16(15)24(30)31)21-18(26)10-34-19(27)17-8-13(25)9-22(17)35(32,33)14-4-2-12(3-5-14)23(28)29/h1-7,13,17,25H,8-10H2,(H,21,26)/t13-,17+/m0/s1. The van der Waals surface area contributed by atoms with Crippen molar-refractivity contribution in [3.8, 4) is 0 Å². The lowest BCUT2D eigenvalue weighted by Gasteiger charge is -2.22. The van der Waals surface area contributed by atoms with Crippen LogP contribution in [0.5, 0.6) is 0 Å². The van der Waals surface area contributed by atoms with Gasteiger partial charge < -0.3 is 15.2 Å². The number of hydrogen-bond donors (Lipinski definition) is 2. The van der Waals surface area contributed by atoms with Crippen molar-refractivity contribution in [3.05, 3.63) is 67.7 Å². The summed E-state index contributed by atoms with van der Waals surface area (Å²) in [4.78, 5) is 44.6. The van der Waals surface area contributed by atoms with Gasteiger partial charge in [-0.3, -0.25) is 29.8 Å². The Bertz CT molecular complexity index is 1290. The number of ether oxygens (including phenoxy) is 1. The molecule has 0 unspecified atom stereocenters. The summed E-state index contributed by atoms with van der Waals surface area (Å²) in [5.41, 5.74) is -0.771. The lowest BCUT2D eigenvalue weighted by Crippen LogP contribution is -2.42. The number of nitrogens with zero attached hydrogens (tertiary/aromatic N) is 3. The second-order valence-corrected chi connectivity index (χ2v) is 9.61. The van der Waals surface area contributed by atoms with Crippen molar-refractivity contribution in [1.82, 2.24) is 4.31 Å². The lowest BCUT2D eigenvalue weighted by molar-refractivity contribution is -0.385. The minimum atomic E-state index is -4.34. The number of hydrogen-bond acceptors (Lipinski definition) is 10. The molecule has 1 heterocycles. The van der Waals surface area contributed by atoms with Gasteiger partial charge in [0.2, 0.25) is 10.0 Å². The number of rotatable bonds is 8. The van der Waals surface area contributed by atoms with Gasteiger partial charge in [0, 0.05) is 36.9 Å². The molecule has 186 valence electrons.